The van der Waals surface area contributed by atoms with Gasteiger partial charge in [0.05, 0.1) is 0 Å². The lowest BCUT2D eigenvalue weighted by Crippen LogP contribution is -2.35. The molecule has 1 aromatic rings. The summed E-state index contributed by atoms with van der Waals surface area (Å²) in [5.41, 5.74) is 1.31. The fraction of sp³-hybridized carbons (Fsp3) is 0.647. The third-order valence-corrected chi connectivity index (χ3v) is 4.44. The van der Waals surface area contributed by atoms with Crippen molar-refractivity contribution in [2.24, 2.45) is 11.3 Å². The van der Waals surface area contributed by atoms with E-state index >= 15 is 0 Å². The number of nitrogens with one attached hydrogen (secondary N) is 1. The topological polar surface area (TPSA) is 12.0 Å². The van der Waals surface area contributed by atoms with Crippen molar-refractivity contribution >= 4 is 11.6 Å². The zero-order valence-corrected chi connectivity index (χ0v) is 14.0. The van der Waals surface area contributed by atoms with Crippen LogP contribution in [0.4, 0.5) is 4.39 Å². The lowest BCUT2D eigenvalue weighted by atomic mass is 9.78. The fourth-order valence-electron chi connectivity index (χ4n) is 2.26. The van der Waals surface area contributed by atoms with Crippen molar-refractivity contribution in [1.82, 2.24) is 5.32 Å². The maximum Gasteiger partial charge on any atom is 0.124 e. The summed E-state index contributed by atoms with van der Waals surface area (Å²) in [6.07, 6.45) is 1.93. The molecule has 20 heavy (non-hydrogen) atoms. The molecule has 114 valence electrons. The van der Waals surface area contributed by atoms with Crippen LogP contribution >= 0.6 is 11.6 Å². The van der Waals surface area contributed by atoms with E-state index in [2.05, 4.69) is 39.9 Å². The van der Waals surface area contributed by atoms with Crippen molar-refractivity contribution in [3.8, 4) is 0 Å². The minimum Gasteiger partial charge on any atom is -0.314 e. The summed E-state index contributed by atoms with van der Waals surface area (Å²) in [6, 6.07) is 5.05. The second-order valence-electron chi connectivity index (χ2n) is 6.70. The van der Waals surface area contributed by atoms with Crippen LogP contribution in [0.15, 0.2) is 18.2 Å². The van der Waals surface area contributed by atoms with Crippen molar-refractivity contribution in [1.29, 1.82) is 0 Å². The van der Waals surface area contributed by atoms with Crippen LogP contribution in [0.1, 0.15) is 46.6 Å². The Kier molecular flexibility index (Phi) is 6.47. The van der Waals surface area contributed by atoms with Gasteiger partial charge in [0.2, 0.25) is 0 Å². The zero-order chi connectivity index (χ0) is 15.3. The number of halogens is 2. The van der Waals surface area contributed by atoms with Gasteiger partial charge >= 0.3 is 0 Å². The third kappa shape index (κ3) is 5.41. The van der Waals surface area contributed by atoms with Crippen molar-refractivity contribution in [3.05, 3.63) is 34.6 Å². The summed E-state index contributed by atoms with van der Waals surface area (Å²) >= 11 is 6.13. The lowest BCUT2D eigenvalue weighted by Gasteiger charge is -2.31. The van der Waals surface area contributed by atoms with E-state index in [9.17, 15) is 4.39 Å². The first-order valence-electron chi connectivity index (χ1n) is 7.41. The van der Waals surface area contributed by atoms with Crippen LogP contribution in [0.2, 0.25) is 5.02 Å². The van der Waals surface area contributed by atoms with E-state index in [1.807, 2.05) is 0 Å². The molecule has 0 aliphatic carbocycles. The summed E-state index contributed by atoms with van der Waals surface area (Å²) < 4.78 is 13.1. The Hall–Kier alpha value is -0.600. The van der Waals surface area contributed by atoms with Gasteiger partial charge in [0.15, 0.2) is 0 Å². The largest absolute Gasteiger partial charge is 0.314 e. The molecule has 0 aromatic heterocycles. The average molecular weight is 300 g/mol. The van der Waals surface area contributed by atoms with Gasteiger partial charge in [0.25, 0.3) is 0 Å². The SMILES string of the molecule is CCNC(Cc1ccc(F)cc1Cl)CC(C)C(C)(C)C. The summed E-state index contributed by atoms with van der Waals surface area (Å²) in [6.45, 7) is 12.1. The summed E-state index contributed by atoms with van der Waals surface area (Å²) in [7, 11) is 0. The van der Waals surface area contributed by atoms with Crippen LogP contribution < -0.4 is 5.32 Å². The smallest absolute Gasteiger partial charge is 0.124 e. The predicted molar refractivity (Wildman–Crippen MR) is 85.8 cm³/mol. The molecule has 0 spiro atoms. The molecule has 0 amide bonds. The van der Waals surface area contributed by atoms with Crippen molar-refractivity contribution in [2.75, 3.05) is 6.54 Å². The zero-order valence-electron chi connectivity index (χ0n) is 13.3. The van der Waals surface area contributed by atoms with Gasteiger partial charge in [0.1, 0.15) is 5.82 Å². The van der Waals surface area contributed by atoms with E-state index in [-0.39, 0.29) is 5.82 Å². The van der Waals surface area contributed by atoms with Gasteiger partial charge in [0, 0.05) is 11.1 Å². The molecule has 1 aromatic carbocycles. The molecular weight excluding hydrogens is 273 g/mol. The number of rotatable bonds is 6. The molecule has 0 bridgehead atoms. The highest BCUT2D eigenvalue weighted by atomic mass is 35.5. The fourth-order valence-corrected chi connectivity index (χ4v) is 2.50. The molecule has 2 atom stereocenters. The molecule has 2 unspecified atom stereocenters. The first-order valence-corrected chi connectivity index (χ1v) is 7.79. The van der Waals surface area contributed by atoms with Crippen LogP contribution in [0.25, 0.3) is 0 Å². The Morgan fingerprint density at radius 2 is 1.95 bits per heavy atom. The Bertz CT molecular complexity index is 425. The van der Waals surface area contributed by atoms with E-state index < -0.39 is 0 Å². The maximum atomic E-state index is 13.1. The molecule has 0 saturated carbocycles. The number of hydrogen-bond acceptors (Lipinski definition) is 1. The lowest BCUT2D eigenvalue weighted by molar-refractivity contribution is 0.222. The van der Waals surface area contributed by atoms with Gasteiger partial charge in [-0.1, -0.05) is 52.3 Å². The van der Waals surface area contributed by atoms with Crippen LogP contribution in [-0.4, -0.2) is 12.6 Å². The molecule has 0 heterocycles. The molecule has 3 heteroatoms. The van der Waals surface area contributed by atoms with Crippen molar-refractivity contribution < 1.29 is 4.39 Å². The van der Waals surface area contributed by atoms with Crippen LogP contribution in [0, 0.1) is 17.2 Å². The Morgan fingerprint density at radius 3 is 2.45 bits per heavy atom. The molecule has 1 nitrogen and oxygen atoms in total. The minimum atomic E-state index is -0.276. The van der Waals surface area contributed by atoms with Crippen LogP contribution in [0.3, 0.4) is 0 Å². The van der Waals surface area contributed by atoms with Gasteiger partial charge in [-0.2, -0.15) is 0 Å². The van der Waals surface area contributed by atoms with Gasteiger partial charge in [-0.15, -0.1) is 0 Å². The van der Waals surface area contributed by atoms with Gasteiger partial charge in [-0.05, 0) is 48.4 Å². The Balaban J connectivity index is 2.76. The molecule has 0 aliphatic heterocycles. The summed E-state index contributed by atoms with van der Waals surface area (Å²) in [5.74, 6) is 0.326. The van der Waals surface area contributed by atoms with Gasteiger partial charge in [-0.25, -0.2) is 4.39 Å². The van der Waals surface area contributed by atoms with Gasteiger partial charge < -0.3 is 5.32 Å². The van der Waals surface area contributed by atoms with E-state index in [0.717, 1.165) is 24.9 Å². The predicted octanol–water partition coefficient (Wildman–Crippen LogP) is 5.07. The second-order valence-corrected chi connectivity index (χ2v) is 7.10. The molecule has 0 saturated heterocycles. The number of likely N-dealkylation sites (N-methyl/N-ethyl adjacent to an activating group) is 1. The number of benzene rings is 1. The molecular formula is C17H27ClFN. The average Bonchev–Trinajstić information content (AvgIpc) is 2.31. The highest BCUT2D eigenvalue weighted by Crippen LogP contribution is 2.30. The first-order chi connectivity index (χ1) is 9.24. The third-order valence-electron chi connectivity index (χ3n) is 4.09. The van der Waals surface area contributed by atoms with Crippen molar-refractivity contribution in [3.63, 3.8) is 0 Å². The Labute approximate surface area is 127 Å². The second kappa shape index (κ2) is 7.42. The van der Waals surface area contributed by atoms with Crippen LogP contribution in [0.5, 0.6) is 0 Å². The van der Waals surface area contributed by atoms with E-state index in [0.29, 0.717) is 22.4 Å². The summed E-state index contributed by atoms with van der Waals surface area (Å²) in [4.78, 5) is 0. The van der Waals surface area contributed by atoms with E-state index in [1.165, 1.54) is 12.1 Å². The number of hydrogen-bond donors (Lipinski definition) is 1. The maximum absolute atomic E-state index is 13.1. The van der Waals surface area contributed by atoms with Crippen LogP contribution in [-0.2, 0) is 6.42 Å². The minimum absolute atomic E-state index is 0.276. The monoisotopic (exact) mass is 299 g/mol. The molecule has 1 N–H and O–H groups in total. The standard InChI is InChI=1S/C17H27ClFN/c1-6-20-15(9-12(2)17(3,4)5)10-13-7-8-14(19)11-16(13)18/h7-8,11-12,15,20H,6,9-10H2,1-5H3. The van der Waals surface area contributed by atoms with Crippen molar-refractivity contribution in [2.45, 2.75) is 53.5 Å². The molecule has 1 rings (SSSR count). The quantitative estimate of drug-likeness (QED) is 0.773. The van der Waals surface area contributed by atoms with Gasteiger partial charge in [-0.3, -0.25) is 0 Å². The highest BCUT2D eigenvalue weighted by Gasteiger charge is 2.23. The first kappa shape index (κ1) is 17.5. The normalized spacial score (nSPS) is 15.2. The molecule has 0 fully saturated rings. The Morgan fingerprint density at radius 1 is 1.30 bits per heavy atom. The molecule has 0 aliphatic rings. The molecule has 0 radical (unpaired) electrons. The van der Waals surface area contributed by atoms with E-state index in [4.69, 9.17) is 11.6 Å². The van der Waals surface area contributed by atoms with E-state index in [1.54, 1.807) is 6.07 Å². The highest BCUT2D eigenvalue weighted by molar-refractivity contribution is 6.31. The summed E-state index contributed by atoms with van der Waals surface area (Å²) in [5, 5.41) is 4.05.